The fourth-order valence-corrected chi connectivity index (χ4v) is 2.07. The van der Waals surface area contributed by atoms with Gasteiger partial charge < -0.3 is 9.42 Å². The zero-order valence-electron chi connectivity index (χ0n) is 10.3. The average molecular weight is 264 g/mol. The largest absolute Gasteiger partial charge is 0.346 e. The van der Waals surface area contributed by atoms with Crippen molar-refractivity contribution in [2.24, 2.45) is 0 Å². The van der Waals surface area contributed by atoms with Crippen LogP contribution in [0.4, 0.5) is 0 Å². The third-order valence-electron chi connectivity index (χ3n) is 3.07. The summed E-state index contributed by atoms with van der Waals surface area (Å²) in [5.74, 6) is 0.289. The zero-order chi connectivity index (χ0) is 13.4. The van der Waals surface area contributed by atoms with Crippen LogP contribution in [-0.4, -0.2) is 48.4 Å². The van der Waals surface area contributed by atoms with Crippen molar-refractivity contribution in [1.29, 1.82) is 0 Å². The first-order valence-corrected chi connectivity index (χ1v) is 5.93. The molecule has 3 rings (SSSR count). The lowest BCUT2D eigenvalue weighted by Gasteiger charge is -2.24. The Labute approximate surface area is 107 Å². The number of hydrogen-bond donors (Lipinski definition) is 0. The van der Waals surface area contributed by atoms with Crippen molar-refractivity contribution < 1.29 is 9.32 Å². The number of hydrogen-bond acceptors (Lipinski definition) is 6. The number of amides is 1. The summed E-state index contributed by atoms with van der Waals surface area (Å²) in [4.78, 5) is 29.6. The Morgan fingerprint density at radius 1 is 1.37 bits per heavy atom. The van der Waals surface area contributed by atoms with Gasteiger partial charge in [0.25, 0.3) is 5.91 Å². The van der Waals surface area contributed by atoms with Crippen LogP contribution in [0.1, 0.15) is 23.4 Å². The number of carbonyl (C=O) groups is 1. The summed E-state index contributed by atoms with van der Waals surface area (Å²) in [7, 11) is 0. The molecule has 0 radical (unpaired) electrons. The molecule has 0 spiro atoms. The van der Waals surface area contributed by atoms with Gasteiger partial charge in [-0.05, 0) is 6.92 Å². The summed E-state index contributed by atoms with van der Waals surface area (Å²) in [6.45, 7) is 3.57. The second-order valence-electron chi connectivity index (χ2n) is 4.15. The van der Waals surface area contributed by atoms with E-state index >= 15 is 0 Å². The molecule has 9 nitrogen and oxygen atoms in total. The van der Waals surface area contributed by atoms with Gasteiger partial charge in [-0.3, -0.25) is 9.36 Å². The molecule has 9 heteroatoms. The molecular weight excluding hydrogens is 252 g/mol. The first-order chi connectivity index (χ1) is 9.20. The van der Waals surface area contributed by atoms with Gasteiger partial charge in [0, 0.05) is 19.6 Å². The molecule has 0 atom stereocenters. The highest BCUT2D eigenvalue weighted by Crippen LogP contribution is 2.07. The van der Waals surface area contributed by atoms with Crippen molar-refractivity contribution in [3.8, 4) is 0 Å². The van der Waals surface area contributed by atoms with E-state index in [9.17, 15) is 9.59 Å². The number of rotatable bonds is 3. The van der Waals surface area contributed by atoms with Gasteiger partial charge >= 0.3 is 5.69 Å². The minimum absolute atomic E-state index is 0.0920. The van der Waals surface area contributed by atoms with Crippen LogP contribution in [0, 0.1) is 0 Å². The second kappa shape index (κ2) is 4.34. The van der Waals surface area contributed by atoms with E-state index in [0.717, 1.165) is 0 Å². The maximum atomic E-state index is 12.1. The van der Waals surface area contributed by atoms with Crippen LogP contribution in [-0.2, 0) is 13.1 Å². The van der Waals surface area contributed by atoms with E-state index in [1.54, 1.807) is 4.90 Å². The standard InChI is InChI=1S/C10H12N6O3/c1-2-14-3-4-15-8(9(14)17)12-16(10(15)18)5-7-11-6-19-13-7/h6H,2-5H2,1H3. The molecule has 2 aromatic heterocycles. The molecule has 1 amide bonds. The quantitative estimate of drug-likeness (QED) is 0.701. The molecule has 2 aromatic rings. The van der Waals surface area contributed by atoms with Crippen molar-refractivity contribution in [3.63, 3.8) is 0 Å². The molecule has 100 valence electrons. The highest BCUT2D eigenvalue weighted by atomic mass is 16.5. The van der Waals surface area contributed by atoms with E-state index in [1.165, 1.54) is 15.6 Å². The molecule has 0 bridgehead atoms. The van der Waals surface area contributed by atoms with Crippen LogP contribution in [0.25, 0.3) is 0 Å². The van der Waals surface area contributed by atoms with Gasteiger partial charge in [0.05, 0.1) is 0 Å². The Morgan fingerprint density at radius 2 is 2.21 bits per heavy atom. The summed E-state index contributed by atoms with van der Waals surface area (Å²) >= 11 is 0. The van der Waals surface area contributed by atoms with Crippen LogP contribution >= 0.6 is 0 Å². The normalized spacial score (nSPS) is 14.8. The highest BCUT2D eigenvalue weighted by Gasteiger charge is 2.28. The number of likely N-dealkylation sites (N-methyl/N-ethyl adjacent to an activating group) is 1. The molecule has 0 saturated heterocycles. The van der Waals surface area contributed by atoms with Gasteiger partial charge in [0.15, 0.2) is 5.82 Å². The van der Waals surface area contributed by atoms with Crippen molar-refractivity contribution in [1.82, 2.24) is 29.4 Å². The van der Waals surface area contributed by atoms with Crippen LogP contribution < -0.4 is 5.69 Å². The van der Waals surface area contributed by atoms with Gasteiger partial charge in [-0.25, -0.2) is 9.48 Å². The zero-order valence-corrected chi connectivity index (χ0v) is 10.3. The fourth-order valence-electron chi connectivity index (χ4n) is 2.07. The monoisotopic (exact) mass is 264 g/mol. The maximum Gasteiger partial charge on any atom is 0.346 e. The van der Waals surface area contributed by atoms with Crippen LogP contribution in [0.5, 0.6) is 0 Å². The van der Waals surface area contributed by atoms with Gasteiger partial charge in [-0.15, -0.1) is 5.10 Å². The molecule has 0 unspecified atom stereocenters. The van der Waals surface area contributed by atoms with E-state index in [2.05, 4.69) is 19.8 Å². The predicted molar refractivity (Wildman–Crippen MR) is 61.5 cm³/mol. The maximum absolute atomic E-state index is 12.1. The number of aromatic nitrogens is 5. The molecule has 1 aliphatic rings. The molecule has 0 N–H and O–H groups in total. The van der Waals surface area contributed by atoms with Crippen LogP contribution in [0.15, 0.2) is 15.7 Å². The Balaban J connectivity index is 1.97. The summed E-state index contributed by atoms with van der Waals surface area (Å²) in [6.07, 6.45) is 1.18. The smallest absolute Gasteiger partial charge is 0.343 e. The number of fused-ring (bicyclic) bond motifs is 1. The number of carbonyl (C=O) groups excluding carboxylic acids is 1. The Morgan fingerprint density at radius 3 is 2.89 bits per heavy atom. The lowest BCUT2D eigenvalue weighted by molar-refractivity contribution is 0.0705. The van der Waals surface area contributed by atoms with E-state index in [-0.39, 0.29) is 24.0 Å². The van der Waals surface area contributed by atoms with E-state index in [1.807, 2.05) is 6.92 Å². The summed E-state index contributed by atoms with van der Waals surface area (Å²) < 4.78 is 7.16. The van der Waals surface area contributed by atoms with Crippen molar-refractivity contribution in [3.05, 3.63) is 28.5 Å². The first-order valence-electron chi connectivity index (χ1n) is 5.93. The van der Waals surface area contributed by atoms with E-state index in [4.69, 9.17) is 0 Å². The summed E-state index contributed by atoms with van der Waals surface area (Å²) in [5, 5.41) is 7.68. The number of nitrogens with zero attached hydrogens (tertiary/aromatic N) is 6. The Hall–Kier alpha value is -2.45. The van der Waals surface area contributed by atoms with Crippen LogP contribution in [0.3, 0.4) is 0 Å². The SMILES string of the molecule is CCN1CCn2c(nn(Cc3ncon3)c2=O)C1=O. The van der Waals surface area contributed by atoms with Crippen molar-refractivity contribution in [2.75, 3.05) is 13.1 Å². The van der Waals surface area contributed by atoms with Gasteiger partial charge in [0.1, 0.15) is 6.54 Å². The molecular formula is C10H12N6O3. The fraction of sp³-hybridized carbons (Fsp3) is 0.500. The minimum atomic E-state index is -0.330. The van der Waals surface area contributed by atoms with Gasteiger partial charge in [0.2, 0.25) is 12.2 Å². The third-order valence-corrected chi connectivity index (χ3v) is 3.07. The summed E-state index contributed by atoms with van der Waals surface area (Å²) in [5.41, 5.74) is -0.330. The molecule has 0 saturated carbocycles. The highest BCUT2D eigenvalue weighted by molar-refractivity contribution is 5.91. The molecule has 0 aromatic carbocycles. The second-order valence-corrected chi connectivity index (χ2v) is 4.15. The van der Waals surface area contributed by atoms with Crippen LogP contribution in [0.2, 0.25) is 0 Å². The third kappa shape index (κ3) is 1.83. The Bertz CT molecular complexity index is 655. The molecule has 0 aliphatic carbocycles. The predicted octanol–water partition coefficient (Wildman–Crippen LogP) is -1.05. The molecule has 3 heterocycles. The molecule has 0 fully saturated rings. The van der Waals surface area contributed by atoms with E-state index < -0.39 is 0 Å². The first kappa shape index (κ1) is 11.6. The molecule has 19 heavy (non-hydrogen) atoms. The topological polar surface area (TPSA) is 99.0 Å². The lowest BCUT2D eigenvalue weighted by atomic mass is 10.3. The van der Waals surface area contributed by atoms with Gasteiger partial charge in [-0.2, -0.15) is 4.98 Å². The lowest BCUT2D eigenvalue weighted by Crippen LogP contribution is -2.42. The van der Waals surface area contributed by atoms with Crippen molar-refractivity contribution in [2.45, 2.75) is 20.0 Å². The summed E-state index contributed by atoms with van der Waals surface area (Å²) in [6, 6.07) is 0. The molecule has 1 aliphatic heterocycles. The van der Waals surface area contributed by atoms with E-state index in [0.29, 0.717) is 25.5 Å². The Kier molecular flexibility index (Phi) is 2.65. The average Bonchev–Trinajstić information content (AvgIpc) is 3.01. The minimum Gasteiger partial charge on any atom is -0.343 e. The van der Waals surface area contributed by atoms with Crippen molar-refractivity contribution >= 4 is 5.91 Å². The van der Waals surface area contributed by atoms with Gasteiger partial charge in [-0.1, -0.05) is 5.16 Å².